The molecule has 0 N–H and O–H groups in total. The van der Waals surface area contributed by atoms with E-state index in [2.05, 4.69) is 0 Å². The number of hydrogen-bond donors (Lipinski definition) is 0. The average Bonchev–Trinajstić information content (AvgIpc) is 2.73. The number of sulfone groups is 1. The Hall–Kier alpha value is -1.07. The Morgan fingerprint density at radius 3 is 2.74 bits per heavy atom. The molecule has 0 spiro atoms. The number of fused-ring (bicyclic) bond motifs is 1. The van der Waals surface area contributed by atoms with E-state index in [0.717, 1.165) is 5.56 Å². The second kappa shape index (κ2) is 4.21. The molecular weight excluding hydrogens is 286 g/mol. The van der Waals surface area contributed by atoms with Crippen molar-refractivity contribution >= 4 is 33.0 Å². The van der Waals surface area contributed by atoms with Crippen molar-refractivity contribution < 1.29 is 13.2 Å². The van der Waals surface area contributed by atoms with Crippen LogP contribution in [0.3, 0.4) is 0 Å². The summed E-state index contributed by atoms with van der Waals surface area (Å²) in [5.74, 6) is 0.108. The third kappa shape index (κ3) is 2.15. The van der Waals surface area contributed by atoms with Crippen LogP contribution >= 0.6 is 11.6 Å². The van der Waals surface area contributed by atoms with Crippen molar-refractivity contribution in [2.45, 2.75) is 19.4 Å². The third-order valence-electron chi connectivity index (χ3n) is 3.91. The van der Waals surface area contributed by atoms with E-state index in [9.17, 15) is 13.2 Å². The fourth-order valence-electron chi connectivity index (χ4n) is 2.96. The van der Waals surface area contributed by atoms with Gasteiger partial charge in [-0.25, -0.2) is 8.42 Å². The number of hydrogen-bond acceptors (Lipinski definition) is 3. The summed E-state index contributed by atoms with van der Waals surface area (Å²) in [5, 5.41) is 0.592. The van der Waals surface area contributed by atoms with E-state index in [1.54, 1.807) is 11.0 Å². The van der Waals surface area contributed by atoms with Gasteiger partial charge in [-0.05, 0) is 24.6 Å². The van der Waals surface area contributed by atoms with Crippen LogP contribution in [-0.2, 0) is 14.6 Å². The van der Waals surface area contributed by atoms with Crippen LogP contribution in [0.5, 0.6) is 0 Å². The molecule has 0 aromatic heterocycles. The Labute approximate surface area is 117 Å². The number of amides is 1. The monoisotopic (exact) mass is 299 g/mol. The number of anilines is 1. The zero-order chi connectivity index (χ0) is 13.8. The number of carbonyl (C=O) groups excluding carboxylic acids is 1. The van der Waals surface area contributed by atoms with Gasteiger partial charge in [-0.2, -0.15) is 0 Å². The molecule has 2 aliphatic heterocycles. The Morgan fingerprint density at radius 2 is 2.05 bits per heavy atom. The quantitative estimate of drug-likeness (QED) is 0.794. The highest BCUT2D eigenvalue weighted by atomic mass is 35.5. The first-order valence-electron chi connectivity index (χ1n) is 6.16. The first-order valence-corrected chi connectivity index (χ1v) is 8.36. The van der Waals surface area contributed by atoms with Gasteiger partial charge in [0.25, 0.3) is 0 Å². The van der Waals surface area contributed by atoms with Crippen molar-refractivity contribution in [1.29, 1.82) is 0 Å². The van der Waals surface area contributed by atoms with E-state index in [1.165, 1.54) is 0 Å². The van der Waals surface area contributed by atoms with Crippen molar-refractivity contribution in [1.82, 2.24) is 0 Å². The smallest absolute Gasteiger partial charge is 0.227 e. The summed E-state index contributed by atoms with van der Waals surface area (Å²) in [6, 6.07) is 5.19. The number of carbonyl (C=O) groups is 1. The molecule has 0 aliphatic carbocycles. The maximum atomic E-state index is 12.1. The van der Waals surface area contributed by atoms with E-state index in [1.807, 2.05) is 19.1 Å². The maximum Gasteiger partial charge on any atom is 0.227 e. The Bertz CT molecular complexity index is 656. The fraction of sp³-hybridized carbons (Fsp3) is 0.462. The molecule has 2 heterocycles. The van der Waals surface area contributed by atoms with Crippen molar-refractivity contribution in [2.24, 2.45) is 5.92 Å². The highest BCUT2D eigenvalue weighted by Crippen LogP contribution is 2.38. The molecule has 1 aromatic rings. The molecule has 4 nitrogen and oxygen atoms in total. The summed E-state index contributed by atoms with van der Waals surface area (Å²) in [4.78, 5) is 13.7. The van der Waals surface area contributed by atoms with Gasteiger partial charge in [-0.3, -0.25) is 4.79 Å². The largest absolute Gasteiger partial charge is 0.308 e. The number of nitrogens with zero attached hydrogens (tertiary/aromatic N) is 1. The van der Waals surface area contributed by atoms with Crippen LogP contribution in [0.15, 0.2) is 18.2 Å². The summed E-state index contributed by atoms with van der Waals surface area (Å²) in [6.45, 7) is 1.89. The van der Waals surface area contributed by atoms with Gasteiger partial charge < -0.3 is 4.90 Å². The van der Waals surface area contributed by atoms with E-state index in [4.69, 9.17) is 11.6 Å². The molecular formula is C13H14ClNO3S. The molecule has 2 unspecified atom stereocenters. The first-order chi connectivity index (χ1) is 8.87. The summed E-state index contributed by atoms with van der Waals surface area (Å²) in [5.41, 5.74) is 1.64. The molecule has 2 aliphatic rings. The van der Waals surface area contributed by atoms with Crippen molar-refractivity contribution in [3.8, 4) is 0 Å². The average molecular weight is 300 g/mol. The fourth-order valence-corrected chi connectivity index (χ4v) is 5.20. The van der Waals surface area contributed by atoms with Gasteiger partial charge in [0.05, 0.1) is 17.5 Å². The lowest BCUT2D eigenvalue weighted by Crippen LogP contribution is -2.36. The summed E-state index contributed by atoms with van der Waals surface area (Å²) < 4.78 is 23.4. The highest BCUT2D eigenvalue weighted by Gasteiger charge is 2.49. The second-order valence-electron chi connectivity index (χ2n) is 5.31. The van der Waals surface area contributed by atoms with Crippen LogP contribution in [0.4, 0.5) is 5.69 Å². The van der Waals surface area contributed by atoms with Gasteiger partial charge in [-0.15, -0.1) is 0 Å². The van der Waals surface area contributed by atoms with Gasteiger partial charge in [0.2, 0.25) is 5.91 Å². The lowest BCUT2D eigenvalue weighted by Gasteiger charge is -2.23. The Kier molecular flexibility index (Phi) is 2.87. The minimum absolute atomic E-state index is 0.00943. The maximum absolute atomic E-state index is 12.1. The number of rotatable bonds is 1. The molecule has 19 heavy (non-hydrogen) atoms. The molecule has 0 saturated carbocycles. The molecule has 2 fully saturated rings. The number of aryl methyl sites for hydroxylation is 1. The molecule has 1 aromatic carbocycles. The lowest BCUT2D eigenvalue weighted by atomic mass is 10.0. The van der Waals surface area contributed by atoms with Crippen LogP contribution < -0.4 is 4.90 Å². The standard InChI is InChI=1S/C13H14ClNO3S/c1-8-2-3-10(5-11(8)14)15-12-7-19(17,18)6-9(12)4-13(15)16/h2-3,5,9,12H,4,6-7H2,1H3. The van der Waals surface area contributed by atoms with Gasteiger partial charge in [0, 0.05) is 23.0 Å². The number of halogens is 1. The van der Waals surface area contributed by atoms with Crippen LogP contribution in [0, 0.1) is 12.8 Å². The topological polar surface area (TPSA) is 54.5 Å². The minimum Gasteiger partial charge on any atom is -0.308 e. The SMILES string of the molecule is Cc1ccc(N2C(=O)CC3CS(=O)(=O)CC32)cc1Cl. The van der Waals surface area contributed by atoms with Crippen LogP contribution in [0.25, 0.3) is 0 Å². The van der Waals surface area contributed by atoms with Gasteiger partial charge in [0.15, 0.2) is 9.84 Å². The molecule has 1 amide bonds. The minimum atomic E-state index is -3.02. The summed E-state index contributed by atoms with van der Waals surface area (Å²) in [7, 11) is -3.02. The molecule has 2 atom stereocenters. The Balaban J connectivity index is 1.99. The molecule has 0 radical (unpaired) electrons. The normalized spacial score (nSPS) is 28.7. The highest BCUT2D eigenvalue weighted by molar-refractivity contribution is 7.91. The predicted octanol–water partition coefficient (Wildman–Crippen LogP) is 1.80. The van der Waals surface area contributed by atoms with Crippen LogP contribution in [-0.4, -0.2) is 31.9 Å². The zero-order valence-corrected chi connectivity index (χ0v) is 12.0. The second-order valence-corrected chi connectivity index (χ2v) is 7.87. The molecule has 102 valence electrons. The van der Waals surface area contributed by atoms with Crippen molar-refractivity contribution in [2.75, 3.05) is 16.4 Å². The van der Waals surface area contributed by atoms with Crippen molar-refractivity contribution in [3.05, 3.63) is 28.8 Å². The third-order valence-corrected chi connectivity index (χ3v) is 6.10. The van der Waals surface area contributed by atoms with Gasteiger partial charge >= 0.3 is 0 Å². The Morgan fingerprint density at radius 1 is 1.32 bits per heavy atom. The summed E-state index contributed by atoms with van der Waals surface area (Å²) in [6.07, 6.45) is 0.315. The van der Waals surface area contributed by atoms with E-state index in [-0.39, 0.29) is 29.4 Å². The molecule has 2 saturated heterocycles. The lowest BCUT2D eigenvalue weighted by molar-refractivity contribution is -0.117. The molecule has 3 rings (SSSR count). The first kappa shape index (κ1) is 12.9. The van der Waals surface area contributed by atoms with E-state index >= 15 is 0 Å². The summed E-state index contributed by atoms with van der Waals surface area (Å²) >= 11 is 6.08. The molecule has 6 heteroatoms. The zero-order valence-electron chi connectivity index (χ0n) is 10.5. The predicted molar refractivity (Wildman–Crippen MR) is 74.2 cm³/mol. The van der Waals surface area contributed by atoms with Gasteiger partial charge in [-0.1, -0.05) is 17.7 Å². The molecule has 0 bridgehead atoms. The number of benzene rings is 1. The van der Waals surface area contributed by atoms with Crippen LogP contribution in [0.1, 0.15) is 12.0 Å². The van der Waals surface area contributed by atoms with E-state index < -0.39 is 9.84 Å². The van der Waals surface area contributed by atoms with Crippen molar-refractivity contribution in [3.63, 3.8) is 0 Å². The van der Waals surface area contributed by atoms with Crippen LogP contribution in [0.2, 0.25) is 5.02 Å². The van der Waals surface area contributed by atoms with Gasteiger partial charge in [0.1, 0.15) is 0 Å². The van der Waals surface area contributed by atoms with E-state index in [0.29, 0.717) is 17.1 Å².